The molecular weight excluding hydrogens is 427 g/mol. The van der Waals surface area contributed by atoms with Gasteiger partial charge in [0.25, 0.3) is 0 Å². The van der Waals surface area contributed by atoms with Crippen LogP contribution in [0.25, 0.3) is 10.2 Å². The number of thiazole rings is 1. The van der Waals surface area contributed by atoms with E-state index >= 15 is 0 Å². The average molecular weight is 449 g/mol. The van der Waals surface area contributed by atoms with Gasteiger partial charge in [0, 0.05) is 19.6 Å². The number of hydrogen-bond acceptors (Lipinski definition) is 5. The molecule has 2 heterocycles. The number of hydrogen-bond donors (Lipinski definition) is 1. The summed E-state index contributed by atoms with van der Waals surface area (Å²) in [7, 11) is 0. The van der Waals surface area contributed by atoms with Crippen LogP contribution < -0.4 is 15.0 Å². The second-order valence-electron chi connectivity index (χ2n) is 7.66. The Labute approximate surface area is 181 Å². The maximum atomic E-state index is 12.7. The first kappa shape index (κ1) is 21.4. The molecule has 0 bridgehead atoms. The lowest BCUT2D eigenvalue weighted by molar-refractivity contribution is -0.274. The summed E-state index contributed by atoms with van der Waals surface area (Å²) in [5.74, 6) is -0.496. The van der Waals surface area contributed by atoms with Gasteiger partial charge in [0.15, 0.2) is 5.13 Å². The van der Waals surface area contributed by atoms with Gasteiger partial charge in [-0.1, -0.05) is 29.5 Å². The second kappa shape index (κ2) is 8.74. The number of halogens is 3. The summed E-state index contributed by atoms with van der Waals surface area (Å²) in [5, 5.41) is 3.83. The number of carbonyl (C=O) groups excluding carboxylic acids is 1. The molecule has 1 unspecified atom stereocenters. The highest BCUT2D eigenvalue weighted by Crippen LogP contribution is 2.32. The van der Waals surface area contributed by atoms with E-state index in [-0.39, 0.29) is 24.1 Å². The van der Waals surface area contributed by atoms with Crippen molar-refractivity contribution in [1.29, 1.82) is 0 Å². The quantitative estimate of drug-likeness (QED) is 0.593. The van der Waals surface area contributed by atoms with Gasteiger partial charge in [-0.2, -0.15) is 0 Å². The molecule has 1 N–H and O–H groups in total. The van der Waals surface area contributed by atoms with E-state index in [1.54, 1.807) is 11.3 Å². The van der Waals surface area contributed by atoms with Crippen LogP contribution in [0.15, 0.2) is 42.5 Å². The lowest BCUT2D eigenvalue weighted by atomic mass is 9.97. The van der Waals surface area contributed by atoms with Gasteiger partial charge >= 0.3 is 6.36 Å². The van der Waals surface area contributed by atoms with Gasteiger partial charge in [-0.3, -0.25) is 4.79 Å². The summed E-state index contributed by atoms with van der Waals surface area (Å²) >= 11 is 1.64. The summed E-state index contributed by atoms with van der Waals surface area (Å²) in [5.41, 5.74) is 2.86. The number of carbonyl (C=O) groups is 1. The molecule has 1 fully saturated rings. The maximum Gasteiger partial charge on any atom is 0.573 e. The number of nitrogens with zero attached hydrogens (tertiary/aromatic N) is 2. The Kier molecular flexibility index (Phi) is 6.04. The molecule has 31 heavy (non-hydrogen) atoms. The van der Waals surface area contributed by atoms with Crippen LogP contribution in [0.2, 0.25) is 0 Å². The largest absolute Gasteiger partial charge is 0.573 e. The lowest BCUT2D eigenvalue weighted by Crippen LogP contribution is -2.42. The highest BCUT2D eigenvalue weighted by Gasteiger charge is 2.31. The van der Waals surface area contributed by atoms with E-state index in [4.69, 9.17) is 4.98 Å². The van der Waals surface area contributed by atoms with E-state index in [0.717, 1.165) is 34.7 Å². The van der Waals surface area contributed by atoms with Crippen molar-refractivity contribution in [1.82, 2.24) is 10.3 Å². The minimum absolute atomic E-state index is 0.0581. The van der Waals surface area contributed by atoms with Crippen molar-refractivity contribution in [3.8, 4) is 5.75 Å². The third-order valence-electron chi connectivity index (χ3n) is 5.22. The number of aromatic nitrogens is 1. The number of ether oxygens (including phenoxy) is 1. The Morgan fingerprint density at radius 1 is 1.26 bits per heavy atom. The molecule has 1 saturated heterocycles. The van der Waals surface area contributed by atoms with E-state index in [1.165, 1.54) is 29.8 Å². The number of fused-ring (bicyclic) bond motifs is 1. The number of nitrogens with one attached hydrogen (secondary N) is 1. The highest BCUT2D eigenvalue weighted by atomic mass is 32.1. The van der Waals surface area contributed by atoms with Crippen molar-refractivity contribution in [3.63, 3.8) is 0 Å². The molecule has 4 rings (SSSR count). The van der Waals surface area contributed by atoms with Crippen LogP contribution in [0.5, 0.6) is 5.75 Å². The summed E-state index contributed by atoms with van der Waals surface area (Å²) in [6, 6.07) is 11.7. The summed E-state index contributed by atoms with van der Waals surface area (Å²) in [4.78, 5) is 19.6. The molecule has 1 amide bonds. The Hall–Kier alpha value is -2.81. The third-order valence-corrected chi connectivity index (χ3v) is 6.30. The molecule has 1 aromatic heterocycles. The maximum absolute atomic E-state index is 12.7. The fourth-order valence-corrected chi connectivity index (χ4v) is 4.76. The third kappa shape index (κ3) is 5.46. The lowest BCUT2D eigenvalue weighted by Gasteiger charge is -2.31. The standard InChI is InChI=1S/C22H22F3N3O2S/c1-14-4-9-18-19(11-14)31-21(27-18)28-10-2-3-16(13-28)20(29)26-12-15-5-7-17(8-6-15)30-22(23,24)25/h4-9,11,16H,2-3,10,12-13H2,1H3,(H,26,29). The smallest absolute Gasteiger partial charge is 0.406 e. The summed E-state index contributed by atoms with van der Waals surface area (Å²) < 4.78 is 41.7. The van der Waals surface area contributed by atoms with Crippen molar-refractivity contribution in [3.05, 3.63) is 53.6 Å². The van der Waals surface area contributed by atoms with Crippen molar-refractivity contribution in [2.75, 3.05) is 18.0 Å². The molecule has 5 nitrogen and oxygen atoms in total. The molecule has 0 spiro atoms. The van der Waals surface area contributed by atoms with E-state index in [9.17, 15) is 18.0 Å². The molecule has 9 heteroatoms. The van der Waals surface area contributed by atoms with Crippen LogP contribution in [0.1, 0.15) is 24.0 Å². The molecule has 164 valence electrons. The summed E-state index contributed by atoms with van der Waals surface area (Å²) in [6.45, 7) is 3.77. The first-order valence-electron chi connectivity index (χ1n) is 10.0. The molecule has 1 aliphatic heterocycles. The predicted octanol–water partition coefficient (Wildman–Crippen LogP) is 5.04. The first-order valence-corrected chi connectivity index (χ1v) is 10.8. The molecule has 1 atom stereocenters. The van der Waals surface area contributed by atoms with Gasteiger partial charge in [0.1, 0.15) is 5.75 Å². The zero-order valence-electron chi connectivity index (χ0n) is 16.9. The molecule has 0 aliphatic carbocycles. The second-order valence-corrected chi connectivity index (χ2v) is 8.67. The van der Waals surface area contributed by atoms with Crippen molar-refractivity contribution in [2.24, 2.45) is 5.92 Å². The van der Waals surface area contributed by atoms with Crippen LogP contribution in [0, 0.1) is 12.8 Å². The topological polar surface area (TPSA) is 54.5 Å². The molecule has 3 aromatic rings. The van der Waals surface area contributed by atoms with Gasteiger partial charge in [0.05, 0.1) is 16.1 Å². The minimum atomic E-state index is -4.72. The number of benzene rings is 2. The van der Waals surface area contributed by atoms with Gasteiger partial charge in [-0.15, -0.1) is 13.2 Å². The Morgan fingerprint density at radius 2 is 2.03 bits per heavy atom. The van der Waals surface area contributed by atoms with E-state index < -0.39 is 6.36 Å². The van der Waals surface area contributed by atoms with Gasteiger partial charge in [-0.25, -0.2) is 4.98 Å². The number of piperidine rings is 1. The van der Waals surface area contributed by atoms with Gasteiger partial charge < -0.3 is 15.0 Å². The Balaban J connectivity index is 1.34. The fraction of sp³-hybridized carbons (Fsp3) is 0.364. The monoisotopic (exact) mass is 449 g/mol. The van der Waals surface area contributed by atoms with Crippen LogP contribution in [-0.2, 0) is 11.3 Å². The highest BCUT2D eigenvalue weighted by molar-refractivity contribution is 7.22. The summed E-state index contributed by atoms with van der Waals surface area (Å²) in [6.07, 6.45) is -3.02. The fourth-order valence-electron chi connectivity index (χ4n) is 3.66. The number of alkyl halides is 3. The number of anilines is 1. The molecular formula is C22H22F3N3O2S. The van der Waals surface area contributed by atoms with Gasteiger partial charge in [0.2, 0.25) is 5.91 Å². The Morgan fingerprint density at radius 3 is 2.77 bits per heavy atom. The molecule has 0 radical (unpaired) electrons. The van der Waals surface area contributed by atoms with Crippen LogP contribution in [-0.4, -0.2) is 30.3 Å². The number of amides is 1. The average Bonchev–Trinajstić information content (AvgIpc) is 3.15. The first-order chi connectivity index (χ1) is 14.8. The van der Waals surface area contributed by atoms with E-state index in [0.29, 0.717) is 12.1 Å². The predicted molar refractivity (Wildman–Crippen MR) is 114 cm³/mol. The molecule has 2 aromatic carbocycles. The number of aryl methyl sites for hydroxylation is 1. The van der Waals surface area contributed by atoms with Crippen LogP contribution in [0.3, 0.4) is 0 Å². The molecule has 0 saturated carbocycles. The van der Waals surface area contributed by atoms with E-state index in [2.05, 4.69) is 27.9 Å². The minimum Gasteiger partial charge on any atom is -0.406 e. The van der Waals surface area contributed by atoms with Gasteiger partial charge in [-0.05, 0) is 55.2 Å². The van der Waals surface area contributed by atoms with Crippen LogP contribution in [0.4, 0.5) is 18.3 Å². The zero-order valence-corrected chi connectivity index (χ0v) is 17.7. The zero-order chi connectivity index (χ0) is 22.0. The van der Waals surface area contributed by atoms with Crippen molar-refractivity contribution >= 4 is 32.6 Å². The van der Waals surface area contributed by atoms with Crippen molar-refractivity contribution < 1.29 is 22.7 Å². The Bertz CT molecular complexity index is 1070. The number of rotatable bonds is 5. The molecule has 1 aliphatic rings. The van der Waals surface area contributed by atoms with Crippen LogP contribution >= 0.6 is 11.3 Å². The van der Waals surface area contributed by atoms with E-state index in [1.807, 2.05) is 12.1 Å². The normalized spacial score (nSPS) is 17.0. The SMILES string of the molecule is Cc1ccc2nc(N3CCCC(C(=O)NCc4ccc(OC(F)(F)F)cc4)C3)sc2c1. The van der Waals surface area contributed by atoms with Crippen molar-refractivity contribution in [2.45, 2.75) is 32.7 Å².